The highest BCUT2D eigenvalue weighted by Gasteiger charge is 2.35. The topological polar surface area (TPSA) is 96.0 Å². The van der Waals surface area contributed by atoms with Crippen LogP contribution in [0.4, 0.5) is 0 Å². The van der Waals surface area contributed by atoms with Crippen LogP contribution in [0, 0.1) is 6.92 Å². The molecule has 4 rings (SSSR count). The molecule has 154 valence electrons. The number of hydrogen-bond donors (Lipinski definition) is 1. The van der Waals surface area contributed by atoms with Crippen LogP contribution in [0.5, 0.6) is 0 Å². The van der Waals surface area contributed by atoms with E-state index in [9.17, 15) is 9.59 Å². The maximum absolute atomic E-state index is 12.9. The number of aliphatic carboxylic acids is 1. The Bertz CT molecular complexity index is 1140. The third kappa shape index (κ3) is 4.07. The van der Waals surface area contributed by atoms with Gasteiger partial charge in [0.15, 0.2) is 0 Å². The van der Waals surface area contributed by atoms with E-state index in [0.717, 1.165) is 16.5 Å². The average Bonchev–Trinajstić information content (AvgIpc) is 3.37. The van der Waals surface area contributed by atoms with Crippen LogP contribution in [-0.4, -0.2) is 32.7 Å². The molecule has 1 atom stereocenters. The Labute approximate surface area is 178 Å². The van der Waals surface area contributed by atoms with Crippen LogP contribution >= 0.6 is 11.6 Å². The number of nitrogens with zero attached hydrogens (tertiary/aromatic N) is 3. The third-order valence-electron chi connectivity index (χ3n) is 5.07. The predicted molar refractivity (Wildman–Crippen MR) is 112 cm³/mol. The lowest BCUT2D eigenvalue weighted by atomic mass is 10.00. The van der Waals surface area contributed by atoms with Crippen LogP contribution in [0.2, 0.25) is 5.15 Å². The molecule has 0 saturated carbocycles. The fraction of sp³-hybridized carbons (Fsp3) is 0.273. The summed E-state index contributed by atoms with van der Waals surface area (Å²) in [7, 11) is 0. The standard InChI is InChI=1S/C22H20ClN3O4/c1-13-7-8-14-11-15(22(23)24-16(14)10-13)18-12-17(19-4-3-9-30-19)25-26(18)20(27)5-2-6-21(28)29/h3-4,7-11,18H,2,5-6,12H2,1H3,(H,28,29)/t18-/m1/s1. The monoisotopic (exact) mass is 425 g/mol. The van der Waals surface area contributed by atoms with Gasteiger partial charge in [0.25, 0.3) is 0 Å². The molecule has 1 aromatic carbocycles. The number of halogens is 1. The summed E-state index contributed by atoms with van der Waals surface area (Å²) in [5, 5.41) is 16.0. The number of fused-ring (bicyclic) bond motifs is 1. The summed E-state index contributed by atoms with van der Waals surface area (Å²) in [6.07, 6.45) is 2.23. The minimum atomic E-state index is -0.933. The molecule has 0 fully saturated rings. The SMILES string of the molecule is Cc1ccc2cc([C@H]3CC(c4ccco4)=NN3C(=O)CCCC(=O)O)c(Cl)nc2c1. The molecule has 1 N–H and O–H groups in total. The van der Waals surface area contributed by atoms with Gasteiger partial charge < -0.3 is 9.52 Å². The van der Waals surface area contributed by atoms with Crippen molar-refractivity contribution in [3.05, 3.63) is 64.7 Å². The van der Waals surface area contributed by atoms with E-state index in [1.807, 2.05) is 31.2 Å². The lowest BCUT2D eigenvalue weighted by Crippen LogP contribution is -2.27. The van der Waals surface area contributed by atoms with Gasteiger partial charge in [-0.1, -0.05) is 23.7 Å². The van der Waals surface area contributed by atoms with E-state index < -0.39 is 12.0 Å². The normalized spacial score (nSPS) is 16.1. The first kappa shape index (κ1) is 20.1. The maximum atomic E-state index is 12.9. The van der Waals surface area contributed by atoms with E-state index in [1.54, 1.807) is 18.4 Å². The van der Waals surface area contributed by atoms with Gasteiger partial charge in [-0.3, -0.25) is 9.59 Å². The molecule has 0 saturated heterocycles. The van der Waals surface area contributed by atoms with Crippen molar-refractivity contribution in [1.82, 2.24) is 9.99 Å². The number of rotatable bonds is 6. The highest BCUT2D eigenvalue weighted by atomic mass is 35.5. The smallest absolute Gasteiger partial charge is 0.303 e. The number of pyridine rings is 1. The summed E-state index contributed by atoms with van der Waals surface area (Å²) in [5.74, 6) is -0.609. The molecular weight excluding hydrogens is 406 g/mol. The van der Waals surface area contributed by atoms with Crippen LogP contribution in [-0.2, 0) is 9.59 Å². The highest BCUT2D eigenvalue weighted by molar-refractivity contribution is 6.30. The second-order valence-electron chi connectivity index (χ2n) is 7.29. The van der Waals surface area contributed by atoms with Gasteiger partial charge in [0.2, 0.25) is 5.91 Å². The molecule has 3 heterocycles. The van der Waals surface area contributed by atoms with Gasteiger partial charge in [0, 0.05) is 30.2 Å². The zero-order valence-corrected chi connectivity index (χ0v) is 17.1. The number of hydrogen-bond acceptors (Lipinski definition) is 5. The van der Waals surface area contributed by atoms with Gasteiger partial charge in [-0.2, -0.15) is 5.10 Å². The first-order valence-corrected chi connectivity index (χ1v) is 10.0. The predicted octanol–water partition coefficient (Wildman–Crippen LogP) is 4.72. The Hall–Kier alpha value is -3.19. The number of carbonyl (C=O) groups excluding carboxylic acids is 1. The molecule has 0 bridgehead atoms. The van der Waals surface area contributed by atoms with Crippen molar-refractivity contribution >= 4 is 40.1 Å². The molecule has 1 aliphatic rings. The molecule has 3 aromatic rings. The number of furan rings is 1. The highest BCUT2D eigenvalue weighted by Crippen LogP contribution is 2.37. The van der Waals surface area contributed by atoms with Crippen molar-refractivity contribution in [2.45, 2.75) is 38.6 Å². The Kier molecular flexibility index (Phi) is 5.55. The summed E-state index contributed by atoms with van der Waals surface area (Å²) in [6, 6.07) is 11.0. The zero-order valence-electron chi connectivity index (χ0n) is 16.3. The second-order valence-corrected chi connectivity index (χ2v) is 7.65. The number of carboxylic acid groups (broad SMARTS) is 1. The van der Waals surface area contributed by atoms with Crippen molar-refractivity contribution in [3.8, 4) is 0 Å². The number of aromatic nitrogens is 1. The molecule has 1 amide bonds. The number of aryl methyl sites for hydroxylation is 1. The van der Waals surface area contributed by atoms with E-state index in [2.05, 4.69) is 10.1 Å². The number of benzene rings is 1. The fourth-order valence-corrected chi connectivity index (χ4v) is 3.85. The molecule has 1 aliphatic heterocycles. The van der Waals surface area contributed by atoms with Gasteiger partial charge in [-0.05, 0) is 43.2 Å². The van der Waals surface area contributed by atoms with Crippen molar-refractivity contribution in [2.75, 3.05) is 0 Å². The molecule has 30 heavy (non-hydrogen) atoms. The fourth-order valence-electron chi connectivity index (χ4n) is 3.58. The number of amides is 1. The van der Waals surface area contributed by atoms with Crippen LogP contribution in [0.1, 0.15) is 48.6 Å². The van der Waals surface area contributed by atoms with E-state index in [-0.39, 0.29) is 25.2 Å². The summed E-state index contributed by atoms with van der Waals surface area (Å²) in [6.45, 7) is 1.99. The molecule has 8 heteroatoms. The number of carbonyl (C=O) groups is 2. The number of carboxylic acids is 1. The van der Waals surface area contributed by atoms with Crippen LogP contribution in [0.3, 0.4) is 0 Å². The summed E-state index contributed by atoms with van der Waals surface area (Å²) < 4.78 is 5.46. The first-order valence-electron chi connectivity index (χ1n) is 9.64. The summed E-state index contributed by atoms with van der Waals surface area (Å²) in [4.78, 5) is 28.2. The average molecular weight is 426 g/mol. The molecular formula is C22H20ClN3O4. The molecule has 7 nitrogen and oxygen atoms in total. The molecule has 0 radical (unpaired) electrons. The van der Waals surface area contributed by atoms with Gasteiger partial charge in [0.1, 0.15) is 16.6 Å². The minimum Gasteiger partial charge on any atom is -0.481 e. The largest absolute Gasteiger partial charge is 0.481 e. The van der Waals surface area contributed by atoms with Crippen LogP contribution in [0.25, 0.3) is 10.9 Å². The Morgan fingerprint density at radius 3 is 2.83 bits per heavy atom. The van der Waals surface area contributed by atoms with Gasteiger partial charge in [-0.25, -0.2) is 9.99 Å². The second kappa shape index (κ2) is 8.28. The maximum Gasteiger partial charge on any atom is 0.303 e. The quantitative estimate of drug-likeness (QED) is 0.576. The summed E-state index contributed by atoms with van der Waals surface area (Å²) in [5.41, 5.74) is 3.20. The van der Waals surface area contributed by atoms with Crippen molar-refractivity contribution in [3.63, 3.8) is 0 Å². The lowest BCUT2D eigenvalue weighted by Gasteiger charge is -2.23. The van der Waals surface area contributed by atoms with Crippen LogP contribution in [0.15, 0.2) is 52.2 Å². The molecule has 2 aromatic heterocycles. The van der Waals surface area contributed by atoms with Crippen LogP contribution < -0.4 is 0 Å². The number of hydrazone groups is 1. The zero-order chi connectivity index (χ0) is 21.3. The third-order valence-corrected chi connectivity index (χ3v) is 5.37. The Balaban J connectivity index is 1.68. The van der Waals surface area contributed by atoms with Crippen molar-refractivity contribution < 1.29 is 19.1 Å². The first-order chi connectivity index (χ1) is 14.4. The molecule has 0 unspecified atom stereocenters. The van der Waals surface area contributed by atoms with E-state index in [1.165, 1.54) is 5.01 Å². The van der Waals surface area contributed by atoms with E-state index in [0.29, 0.717) is 28.6 Å². The van der Waals surface area contributed by atoms with E-state index >= 15 is 0 Å². The Morgan fingerprint density at radius 2 is 2.10 bits per heavy atom. The molecule has 0 aliphatic carbocycles. The van der Waals surface area contributed by atoms with Gasteiger partial charge >= 0.3 is 5.97 Å². The summed E-state index contributed by atoms with van der Waals surface area (Å²) >= 11 is 6.52. The van der Waals surface area contributed by atoms with E-state index in [4.69, 9.17) is 21.1 Å². The van der Waals surface area contributed by atoms with Gasteiger partial charge in [0.05, 0.1) is 17.8 Å². The van der Waals surface area contributed by atoms with Crippen molar-refractivity contribution in [1.29, 1.82) is 0 Å². The minimum absolute atomic E-state index is 0.0728. The lowest BCUT2D eigenvalue weighted by molar-refractivity contribution is -0.137. The molecule has 0 spiro atoms. The van der Waals surface area contributed by atoms with Crippen molar-refractivity contribution in [2.24, 2.45) is 5.10 Å². The Morgan fingerprint density at radius 1 is 1.27 bits per heavy atom. The van der Waals surface area contributed by atoms with Gasteiger partial charge in [-0.15, -0.1) is 0 Å².